The molecule has 4 rings (SSSR count). The molecule has 1 fully saturated rings. The van der Waals surface area contributed by atoms with Crippen LogP contribution in [0, 0.1) is 11.3 Å². The van der Waals surface area contributed by atoms with Gasteiger partial charge in [-0.05, 0) is 24.1 Å². The van der Waals surface area contributed by atoms with Crippen LogP contribution in [0.5, 0.6) is 0 Å². The van der Waals surface area contributed by atoms with Crippen molar-refractivity contribution in [2.45, 2.75) is 25.0 Å². The fourth-order valence-corrected chi connectivity index (χ4v) is 3.77. The maximum absolute atomic E-state index is 12.5. The van der Waals surface area contributed by atoms with Crippen molar-refractivity contribution in [3.63, 3.8) is 0 Å². The number of pyridine rings is 1. The minimum absolute atomic E-state index is 0.112. The quantitative estimate of drug-likeness (QED) is 0.815. The van der Waals surface area contributed by atoms with E-state index in [-0.39, 0.29) is 23.8 Å². The fraction of sp³-hybridized carbons (Fsp3) is 0.368. The molecule has 27 heavy (non-hydrogen) atoms. The van der Waals surface area contributed by atoms with E-state index < -0.39 is 12.7 Å². The lowest BCUT2D eigenvalue weighted by atomic mass is 9.88. The highest BCUT2D eigenvalue weighted by Crippen LogP contribution is 2.36. The van der Waals surface area contributed by atoms with Crippen LogP contribution >= 0.6 is 0 Å². The lowest BCUT2D eigenvalue weighted by Gasteiger charge is -2.28. The molecule has 1 unspecified atom stereocenters. The summed E-state index contributed by atoms with van der Waals surface area (Å²) in [5, 5.41) is 33.1. The summed E-state index contributed by atoms with van der Waals surface area (Å²) >= 11 is 0. The van der Waals surface area contributed by atoms with Gasteiger partial charge in [0.05, 0.1) is 24.0 Å². The third-order valence-electron chi connectivity index (χ3n) is 5.13. The smallest absolute Gasteiger partial charge is 0.179 e. The molecule has 138 valence electrons. The molecule has 0 amide bonds. The van der Waals surface area contributed by atoms with Crippen LogP contribution < -0.4 is 0 Å². The average Bonchev–Trinajstić information content (AvgIpc) is 3.37. The van der Waals surface area contributed by atoms with Crippen molar-refractivity contribution in [1.29, 1.82) is 5.26 Å². The normalized spacial score (nSPS) is 20.6. The van der Waals surface area contributed by atoms with Crippen molar-refractivity contribution in [2.75, 3.05) is 19.7 Å². The number of fused-ring (bicyclic) bond motifs is 1. The van der Waals surface area contributed by atoms with Gasteiger partial charge in [-0.25, -0.2) is 0 Å². The third-order valence-corrected chi connectivity index (χ3v) is 5.13. The van der Waals surface area contributed by atoms with Crippen LogP contribution in [0.2, 0.25) is 0 Å². The molecule has 2 N–H and O–H groups in total. The Balaban J connectivity index is 1.76. The highest BCUT2D eigenvalue weighted by atomic mass is 16.3. The largest absolute Gasteiger partial charge is 0.393 e. The lowest BCUT2D eigenvalue weighted by molar-refractivity contribution is -0.114. The first-order valence-corrected chi connectivity index (χ1v) is 8.82. The van der Waals surface area contributed by atoms with Crippen LogP contribution in [0.3, 0.4) is 0 Å². The number of carbonyl (C=O) groups is 1. The molecule has 3 heterocycles. The Morgan fingerprint density at radius 2 is 2.30 bits per heavy atom. The van der Waals surface area contributed by atoms with Crippen molar-refractivity contribution >= 4 is 11.5 Å². The Morgan fingerprint density at radius 1 is 1.44 bits per heavy atom. The number of aromatic nitrogens is 3. The molecule has 2 aromatic rings. The summed E-state index contributed by atoms with van der Waals surface area (Å²) in [6.07, 6.45) is 5.06. The predicted molar refractivity (Wildman–Crippen MR) is 95.0 cm³/mol. The van der Waals surface area contributed by atoms with Gasteiger partial charge in [-0.2, -0.15) is 10.4 Å². The standard InChI is InChI=1S/C19H19N5O3/c20-8-15-17(26)6-12-9-21-16(18(27)11-25)7-14(12)19(15)23-5-2-13(10-23)24-4-1-3-22-24/h1,3-4,7,9,13,18,25,27H,2,5-6,10-11H2/t13-,18?/m1/s1. The van der Waals surface area contributed by atoms with Crippen LogP contribution in [-0.4, -0.2) is 55.4 Å². The number of rotatable bonds is 4. The summed E-state index contributed by atoms with van der Waals surface area (Å²) in [6.45, 7) is 0.882. The summed E-state index contributed by atoms with van der Waals surface area (Å²) in [5.74, 6) is -0.222. The van der Waals surface area contributed by atoms with E-state index in [1.54, 1.807) is 18.5 Å². The number of aliphatic hydroxyl groups excluding tert-OH is 2. The Hall–Kier alpha value is -3.02. The molecule has 2 aliphatic rings. The molecule has 0 bridgehead atoms. The molecule has 2 aromatic heterocycles. The van der Waals surface area contributed by atoms with E-state index in [0.29, 0.717) is 24.5 Å². The number of carbonyl (C=O) groups excluding carboxylic acids is 1. The van der Waals surface area contributed by atoms with Gasteiger partial charge in [0, 0.05) is 43.7 Å². The Morgan fingerprint density at radius 3 is 3.00 bits per heavy atom. The molecule has 8 nitrogen and oxygen atoms in total. The zero-order valence-corrected chi connectivity index (χ0v) is 14.6. The molecule has 2 atom stereocenters. The lowest BCUT2D eigenvalue weighted by Crippen LogP contribution is -2.28. The van der Waals surface area contributed by atoms with Gasteiger partial charge < -0.3 is 15.1 Å². The molecule has 0 aromatic carbocycles. The van der Waals surface area contributed by atoms with Crippen molar-refractivity contribution in [3.8, 4) is 6.07 Å². The van der Waals surface area contributed by atoms with Gasteiger partial charge in [0.2, 0.25) is 0 Å². The zero-order valence-electron chi connectivity index (χ0n) is 14.6. The van der Waals surface area contributed by atoms with Crippen LogP contribution in [0.4, 0.5) is 0 Å². The molecule has 8 heteroatoms. The van der Waals surface area contributed by atoms with Crippen molar-refractivity contribution in [3.05, 3.63) is 53.1 Å². The summed E-state index contributed by atoms with van der Waals surface area (Å²) < 4.78 is 1.89. The van der Waals surface area contributed by atoms with Gasteiger partial charge >= 0.3 is 0 Å². The second-order valence-corrected chi connectivity index (χ2v) is 6.77. The first-order valence-electron chi connectivity index (χ1n) is 8.82. The maximum Gasteiger partial charge on any atom is 0.179 e. The van der Waals surface area contributed by atoms with Gasteiger partial charge in [0.15, 0.2) is 5.78 Å². The maximum atomic E-state index is 12.5. The van der Waals surface area contributed by atoms with Gasteiger partial charge in [-0.1, -0.05) is 0 Å². The molecular weight excluding hydrogens is 346 g/mol. The van der Waals surface area contributed by atoms with E-state index in [4.69, 9.17) is 0 Å². The van der Waals surface area contributed by atoms with Gasteiger partial charge in [-0.15, -0.1) is 0 Å². The fourth-order valence-electron chi connectivity index (χ4n) is 3.77. The summed E-state index contributed by atoms with van der Waals surface area (Å²) in [5.41, 5.74) is 2.50. The molecule has 1 aliphatic heterocycles. The number of hydrogen-bond donors (Lipinski definition) is 2. The number of aliphatic hydroxyl groups is 2. The number of allylic oxidation sites excluding steroid dienone is 1. The molecular formula is C19H19N5O3. The second-order valence-electron chi connectivity index (χ2n) is 6.77. The van der Waals surface area contributed by atoms with E-state index in [1.165, 1.54) is 0 Å². The van der Waals surface area contributed by atoms with Crippen LogP contribution in [-0.2, 0) is 11.2 Å². The molecule has 0 spiro atoms. The van der Waals surface area contributed by atoms with Crippen LogP contribution in [0.15, 0.2) is 36.3 Å². The topological polar surface area (TPSA) is 115 Å². The van der Waals surface area contributed by atoms with Crippen LogP contribution in [0.1, 0.15) is 35.4 Å². The predicted octanol–water partition coefficient (Wildman–Crippen LogP) is 0.611. The molecule has 1 aliphatic carbocycles. The van der Waals surface area contributed by atoms with E-state index in [9.17, 15) is 20.3 Å². The SMILES string of the molecule is N#CC1=C(N2CC[C@@H](n3cccn3)C2)c2cc(C(O)CO)ncc2CC1=O. The third kappa shape index (κ3) is 3.01. The average molecular weight is 365 g/mol. The number of nitrogens with zero attached hydrogens (tertiary/aromatic N) is 5. The van der Waals surface area contributed by atoms with Crippen molar-refractivity contribution in [2.24, 2.45) is 0 Å². The van der Waals surface area contributed by atoms with Gasteiger partial charge in [0.25, 0.3) is 0 Å². The van der Waals surface area contributed by atoms with E-state index >= 15 is 0 Å². The number of nitriles is 1. The Bertz CT molecular complexity index is 945. The number of Topliss-reactive ketones (excluding diaryl/α,β-unsaturated/α-hetero) is 1. The molecule has 0 radical (unpaired) electrons. The van der Waals surface area contributed by atoms with E-state index in [0.717, 1.165) is 17.5 Å². The minimum Gasteiger partial charge on any atom is -0.393 e. The minimum atomic E-state index is -1.10. The highest BCUT2D eigenvalue weighted by Gasteiger charge is 2.34. The Kier molecular flexibility index (Phi) is 4.48. The number of hydrogen-bond acceptors (Lipinski definition) is 7. The summed E-state index contributed by atoms with van der Waals surface area (Å²) in [4.78, 5) is 18.7. The molecule has 1 saturated heterocycles. The number of likely N-dealkylation sites (tertiary alicyclic amines) is 1. The second kappa shape index (κ2) is 6.95. The first kappa shape index (κ1) is 17.4. The van der Waals surface area contributed by atoms with E-state index in [2.05, 4.69) is 16.2 Å². The Labute approximate surface area is 156 Å². The van der Waals surface area contributed by atoms with Gasteiger partial charge in [-0.3, -0.25) is 14.5 Å². The molecule has 0 saturated carbocycles. The van der Waals surface area contributed by atoms with Gasteiger partial charge in [0.1, 0.15) is 17.7 Å². The van der Waals surface area contributed by atoms with Crippen LogP contribution in [0.25, 0.3) is 5.70 Å². The highest BCUT2D eigenvalue weighted by molar-refractivity contribution is 6.09. The summed E-state index contributed by atoms with van der Waals surface area (Å²) in [7, 11) is 0. The number of ketones is 1. The monoisotopic (exact) mass is 365 g/mol. The zero-order chi connectivity index (χ0) is 19.0. The van der Waals surface area contributed by atoms with Crippen molar-refractivity contribution < 1.29 is 15.0 Å². The summed E-state index contributed by atoms with van der Waals surface area (Å²) in [6, 6.07) is 5.78. The first-order chi connectivity index (χ1) is 13.1. The van der Waals surface area contributed by atoms with Crippen molar-refractivity contribution in [1.82, 2.24) is 19.7 Å². The van der Waals surface area contributed by atoms with E-state index in [1.807, 2.05) is 21.8 Å².